The molecule has 3 amide bonds. The molecule has 0 heterocycles. The van der Waals surface area contributed by atoms with Gasteiger partial charge in [-0.05, 0) is 31.2 Å². The molecular formula is C23H37N7O5. The monoisotopic (exact) mass is 491 g/mol. The number of carboxylic acid groups (broad SMARTS) is 1. The molecule has 194 valence electrons. The van der Waals surface area contributed by atoms with Crippen molar-refractivity contribution < 1.29 is 24.3 Å². The number of amides is 3. The molecular weight excluding hydrogens is 454 g/mol. The molecule has 0 aliphatic carbocycles. The second kappa shape index (κ2) is 14.6. The van der Waals surface area contributed by atoms with Crippen molar-refractivity contribution in [2.75, 3.05) is 6.54 Å². The molecule has 1 aromatic carbocycles. The van der Waals surface area contributed by atoms with Gasteiger partial charge in [-0.25, -0.2) is 4.79 Å². The van der Waals surface area contributed by atoms with E-state index in [9.17, 15) is 24.3 Å². The maximum absolute atomic E-state index is 12.8. The van der Waals surface area contributed by atoms with Crippen molar-refractivity contribution in [1.82, 2.24) is 16.0 Å². The van der Waals surface area contributed by atoms with Crippen molar-refractivity contribution in [2.24, 2.45) is 28.1 Å². The third kappa shape index (κ3) is 10.9. The molecule has 12 nitrogen and oxygen atoms in total. The number of nitrogens with two attached hydrogens (primary N) is 3. The minimum absolute atomic E-state index is 0.0493. The van der Waals surface area contributed by atoms with E-state index in [1.807, 2.05) is 6.07 Å². The number of carboxylic acids is 1. The summed E-state index contributed by atoms with van der Waals surface area (Å²) < 4.78 is 0. The molecule has 4 unspecified atom stereocenters. The highest BCUT2D eigenvalue weighted by molar-refractivity contribution is 5.94. The summed E-state index contributed by atoms with van der Waals surface area (Å²) in [7, 11) is 0. The van der Waals surface area contributed by atoms with Crippen molar-refractivity contribution in [2.45, 2.75) is 64.2 Å². The lowest BCUT2D eigenvalue weighted by molar-refractivity contribution is -0.142. The Morgan fingerprint density at radius 2 is 1.57 bits per heavy atom. The van der Waals surface area contributed by atoms with Crippen LogP contribution < -0.4 is 33.2 Å². The van der Waals surface area contributed by atoms with E-state index in [1.54, 1.807) is 38.1 Å². The highest BCUT2D eigenvalue weighted by Crippen LogP contribution is 2.07. The summed E-state index contributed by atoms with van der Waals surface area (Å²) in [6, 6.07) is 4.88. The summed E-state index contributed by atoms with van der Waals surface area (Å²) in [5, 5.41) is 17.2. The SMILES string of the molecule is CC(NC(=O)C(N)CCCN=C(N)N)C(=O)NC(C(=O)NC(Cc1ccccc1)C(=O)O)C(C)C. The molecule has 0 fully saturated rings. The molecule has 0 aliphatic rings. The van der Waals surface area contributed by atoms with E-state index < -0.39 is 47.9 Å². The van der Waals surface area contributed by atoms with E-state index in [-0.39, 0.29) is 18.3 Å². The number of nitrogens with one attached hydrogen (secondary N) is 3. The molecule has 0 radical (unpaired) electrons. The number of guanidine groups is 1. The Balaban J connectivity index is 2.69. The first-order valence-corrected chi connectivity index (χ1v) is 11.4. The van der Waals surface area contributed by atoms with Gasteiger partial charge in [0.15, 0.2) is 5.96 Å². The zero-order chi connectivity index (χ0) is 26.5. The first kappa shape index (κ1) is 29.4. The number of hydrogen-bond acceptors (Lipinski definition) is 6. The molecule has 1 aromatic rings. The highest BCUT2D eigenvalue weighted by atomic mass is 16.4. The molecule has 0 aliphatic heterocycles. The zero-order valence-corrected chi connectivity index (χ0v) is 20.4. The van der Waals surface area contributed by atoms with Gasteiger partial charge in [-0.3, -0.25) is 19.4 Å². The van der Waals surface area contributed by atoms with Crippen LogP contribution in [-0.4, -0.2) is 65.5 Å². The average Bonchev–Trinajstić information content (AvgIpc) is 2.79. The maximum Gasteiger partial charge on any atom is 0.326 e. The molecule has 0 saturated heterocycles. The van der Waals surface area contributed by atoms with Gasteiger partial charge in [-0.15, -0.1) is 0 Å². The number of rotatable bonds is 14. The van der Waals surface area contributed by atoms with E-state index >= 15 is 0 Å². The predicted octanol–water partition coefficient (Wildman–Crippen LogP) is -1.18. The van der Waals surface area contributed by atoms with Crippen LogP contribution in [0.3, 0.4) is 0 Å². The summed E-state index contributed by atoms with van der Waals surface area (Å²) in [5.74, 6) is -3.35. The van der Waals surface area contributed by atoms with Crippen molar-refractivity contribution in [1.29, 1.82) is 0 Å². The molecule has 12 heteroatoms. The van der Waals surface area contributed by atoms with Gasteiger partial charge in [0.05, 0.1) is 6.04 Å². The van der Waals surface area contributed by atoms with Crippen molar-refractivity contribution >= 4 is 29.7 Å². The largest absolute Gasteiger partial charge is 0.480 e. The molecule has 10 N–H and O–H groups in total. The van der Waals surface area contributed by atoms with Crippen LogP contribution in [-0.2, 0) is 25.6 Å². The van der Waals surface area contributed by atoms with Crippen LogP contribution >= 0.6 is 0 Å². The fraction of sp³-hybridized carbons (Fsp3) is 0.522. The number of hydrogen-bond donors (Lipinski definition) is 7. The lowest BCUT2D eigenvalue weighted by atomic mass is 10.0. The highest BCUT2D eigenvalue weighted by Gasteiger charge is 2.30. The minimum Gasteiger partial charge on any atom is -0.480 e. The number of aliphatic carboxylic acids is 1. The second-order valence-corrected chi connectivity index (χ2v) is 8.60. The van der Waals surface area contributed by atoms with Crippen LogP contribution in [0.5, 0.6) is 0 Å². The lowest BCUT2D eigenvalue weighted by Gasteiger charge is -2.26. The van der Waals surface area contributed by atoms with E-state index in [4.69, 9.17) is 17.2 Å². The molecule has 4 atom stereocenters. The van der Waals surface area contributed by atoms with Gasteiger partial charge >= 0.3 is 5.97 Å². The van der Waals surface area contributed by atoms with Crippen LogP contribution in [0.4, 0.5) is 0 Å². The Hall–Kier alpha value is -3.67. The molecule has 0 spiro atoms. The van der Waals surface area contributed by atoms with Gasteiger partial charge in [0.1, 0.15) is 18.1 Å². The van der Waals surface area contributed by atoms with E-state index in [1.165, 1.54) is 6.92 Å². The Kier molecular flexibility index (Phi) is 12.2. The third-order valence-electron chi connectivity index (χ3n) is 5.20. The van der Waals surface area contributed by atoms with Gasteiger partial charge < -0.3 is 38.3 Å². The first-order chi connectivity index (χ1) is 16.4. The number of aliphatic imine (C=N–C) groups is 1. The quantitative estimate of drug-likeness (QED) is 0.0953. The van der Waals surface area contributed by atoms with Crippen molar-refractivity contribution in [3.8, 4) is 0 Å². The van der Waals surface area contributed by atoms with E-state index in [0.717, 1.165) is 5.56 Å². The summed E-state index contributed by atoms with van der Waals surface area (Å²) in [6.07, 6.45) is 0.885. The Morgan fingerprint density at radius 1 is 0.943 bits per heavy atom. The number of carbonyl (C=O) groups is 4. The van der Waals surface area contributed by atoms with Crippen LogP contribution in [0.15, 0.2) is 35.3 Å². The first-order valence-electron chi connectivity index (χ1n) is 11.4. The van der Waals surface area contributed by atoms with Crippen molar-refractivity contribution in [3.63, 3.8) is 0 Å². The average molecular weight is 492 g/mol. The van der Waals surface area contributed by atoms with E-state index in [0.29, 0.717) is 19.4 Å². The van der Waals surface area contributed by atoms with E-state index in [2.05, 4.69) is 20.9 Å². The van der Waals surface area contributed by atoms with Gasteiger partial charge in [-0.2, -0.15) is 0 Å². The molecule has 35 heavy (non-hydrogen) atoms. The van der Waals surface area contributed by atoms with Gasteiger partial charge in [0.2, 0.25) is 17.7 Å². The summed E-state index contributed by atoms with van der Waals surface area (Å²) in [6.45, 7) is 5.22. The summed E-state index contributed by atoms with van der Waals surface area (Å²) in [5.41, 5.74) is 17.1. The fourth-order valence-electron chi connectivity index (χ4n) is 3.16. The molecule has 0 aromatic heterocycles. The molecule has 0 bridgehead atoms. The zero-order valence-electron chi connectivity index (χ0n) is 20.4. The third-order valence-corrected chi connectivity index (χ3v) is 5.20. The van der Waals surface area contributed by atoms with Gasteiger partial charge in [-0.1, -0.05) is 44.2 Å². The van der Waals surface area contributed by atoms with Crippen LogP contribution in [0.2, 0.25) is 0 Å². The topological polar surface area (TPSA) is 215 Å². The van der Waals surface area contributed by atoms with Crippen LogP contribution in [0.1, 0.15) is 39.2 Å². The Morgan fingerprint density at radius 3 is 2.11 bits per heavy atom. The summed E-state index contributed by atoms with van der Waals surface area (Å²) >= 11 is 0. The van der Waals surface area contributed by atoms with Crippen LogP contribution in [0.25, 0.3) is 0 Å². The predicted molar refractivity (Wildman–Crippen MR) is 132 cm³/mol. The second-order valence-electron chi connectivity index (χ2n) is 8.60. The van der Waals surface area contributed by atoms with Crippen LogP contribution in [0, 0.1) is 5.92 Å². The Labute approximate surface area is 205 Å². The van der Waals surface area contributed by atoms with Gasteiger partial charge in [0, 0.05) is 13.0 Å². The lowest BCUT2D eigenvalue weighted by Crippen LogP contribution is -2.58. The number of benzene rings is 1. The standard InChI is InChI=1S/C23H37N7O5/c1-13(2)18(21(33)29-17(22(34)35)12-15-8-5-4-6-9-15)30-19(31)14(3)28-20(32)16(24)10-7-11-27-23(25)26/h4-6,8-9,13-14,16-18H,7,10-12,24H2,1-3H3,(H,28,32)(H,29,33)(H,30,31)(H,34,35)(H4,25,26,27). The smallest absolute Gasteiger partial charge is 0.326 e. The minimum atomic E-state index is -1.19. The maximum atomic E-state index is 12.8. The summed E-state index contributed by atoms with van der Waals surface area (Å²) in [4.78, 5) is 53.3. The number of nitrogens with zero attached hydrogens (tertiary/aromatic N) is 1. The van der Waals surface area contributed by atoms with Crippen molar-refractivity contribution in [3.05, 3.63) is 35.9 Å². The number of carbonyl (C=O) groups excluding carboxylic acids is 3. The Bertz CT molecular complexity index is 888. The molecule has 1 rings (SSSR count). The molecule has 0 saturated carbocycles. The normalized spacial score (nSPS) is 14.2. The fourth-order valence-corrected chi connectivity index (χ4v) is 3.16. The van der Waals surface area contributed by atoms with Gasteiger partial charge in [0.25, 0.3) is 0 Å².